The van der Waals surface area contributed by atoms with E-state index in [4.69, 9.17) is 21.3 Å². The number of rotatable bonds is 6. The number of ether oxygens (including phenoxy) is 1. The van der Waals surface area contributed by atoms with E-state index < -0.39 is 0 Å². The van der Waals surface area contributed by atoms with Crippen molar-refractivity contribution in [3.63, 3.8) is 0 Å². The largest absolute Gasteiger partial charge is 0.379 e. The van der Waals surface area contributed by atoms with E-state index in [1.807, 2.05) is 18.2 Å². The van der Waals surface area contributed by atoms with Gasteiger partial charge in [0.05, 0.1) is 24.2 Å². The predicted octanol–water partition coefficient (Wildman–Crippen LogP) is 3.93. The number of halogens is 1. The second-order valence-corrected chi connectivity index (χ2v) is 6.81. The van der Waals surface area contributed by atoms with Gasteiger partial charge in [0.25, 0.3) is 0 Å². The number of morpholine rings is 1. The van der Waals surface area contributed by atoms with Crippen molar-refractivity contribution in [1.82, 2.24) is 14.5 Å². The molecule has 1 aliphatic rings. The molecule has 1 fully saturated rings. The Labute approximate surface area is 143 Å². The lowest BCUT2D eigenvalue weighted by molar-refractivity contribution is 0.0369. The quantitative estimate of drug-likeness (QED) is 0.801. The van der Waals surface area contributed by atoms with Gasteiger partial charge >= 0.3 is 0 Å². The summed E-state index contributed by atoms with van der Waals surface area (Å²) < 4.78 is 7.79. The van der Waals surface area contributed by atoms with Crippen LogP contribution >= 0.6 is 11.6 Å². The highest BCUT2D eigenvalue weighted by Gasteiger charge is 2.16. The zero-order chi connectivity index (χ0) is 16.2. The third kappa shape index (κ3) is 3.87. The number of aryl methyl sites for hydroxylation is 1. The Balaban J connectivity index is 1.77. The summed E-state index contributed by atoms with van der Waals surface area (Å²) >= 11 is 6.21. The van der Waals surface area contributed by atoms with Gasteiger partial charge < -0.3 is 9.30 Å². The Morgan fingerprint density at radius 1 is 1.26 bits per heavy atom. The summed E-state index contributed by atoms with van der Waals surface area (Å²) in [6.45, 7) is 10.4. The third-order valence-electron chi connectivity index (χ3n) is 4.75. The zero-order valence-electron chi connectivity index (χ0n) is 14.1. The van der Waals surface area contributed by atoms with Gasteiger partial charge in [0.15, 0.2) is 0 Å². The van der Waals surface area contributed by atoms with Crippen molar-refractivity contribution >= 4 is 22.6 Å². The second kappa shape index (κ2) is 7.65. The third-order valence-corrected chi connectivity index (χ3v) is 4.99. The topological polar surface area (TPSA) is 30.3 Å². The number of fused-ring (bicyclic) bond motifs is 1. The van der Waals surface area contributed by atoms with Gasteiger partial charge in [0.2, 0.25) is 0 Å². The predicted molar refractivity (Wildman–Crippen MR) is 95.3 cm³/mol. The fraction of sp³-hybridized carbons (Fsp3) is 0.611. The molecular formula is C18H26ClN3O. The summed E-state index contributed by atoms with van der Waals surface area (Å²) in [6, 6.07) is 6.00. The van der Waals surface area contributed by atoms with Gasteiger partial charge in [-0.25, -0.2) is 4.98 Å². The van der Waals surface area contributed by atoms with Crippen molar-refractivity contribution in [2.75, 3.05) is 32.8 Å². The van der Waals surface area contributed by atoms with Crippen LogP contribution in [0.1, 0.15) is 38.4 Å². The highest BCUT2D eigenvalue weighted by Crippen LogP contribution is 2.26. The lowest BCUT2D eigenvalue weighted by Gasteiger charge is -2.26. The maximum Gasteiger partial charge on any atom is 0.112 e. The minimum Gasteiger partial charge on any atom is -0.379 e. The van der Waals surface area contributed by atoms with E-state index in [1.165, 1.54) is 5.82 Å². The minimum atomic E-state index is 0.463. The molecular weight excluding hydrogens is 310 g/mol. The Hall–Kier alpha value is -1.10. The first-order valence-electron chi connectivity index (χ1n) is 8.65. The van der Waals surface area contributed by atoms with Crippen molar-refractivity contribution in [1.29, 1.82) is 0 Å². The maximum absolute atomic E-state index is 6.21. The smallest absolute Gasteiger partial charge is 0.112 e. The first-order valence-corrected chi connectivity index (χ1v) is 9.02. The molecule has 5 heteroatoms. The standard InChI is InChI=1S/C18H26ClN3O/c1-3-14(2)18-20-16-6-5-15(19)13-17(16)22(18)8-4-7-21-9-11-23-12-10-21/h5-6,13-14H,3-4,7-12H2,1-2H3. The maximum atomic E-state index is 6.21. The van der Waals surface area contributed by atoms with Crippen LogP contribution in [0, 0.1) is 0 Å². The number of hydrogen-bond donors (Lipinski definition) is 0. The van der Waals surface area contributed by atoms with E-state index in [9.17, 15) is 0 Å². The van der Waals surface area contributed by atoms with Crippen LogP contribution in [0.15, 0.2) is 18.2 Å². The number of nitrogens with zero attached hydrogens (tertiary/aromatic N) is 3. The first-order chi connectivity index (χ1) is 11.2. The molecule has 126 valence electrons. The van der Waals surface area contributed by atoms with Crippen LogP contribution in [-0.2, 0) is 11.3 Å². The zero-order valence-corrected chi connectivity index (χ0v) is 14.9. The molecule has 0 spiro atoms. The van der Waals surface area contributed by atoms with E-state index in [2.05, 4.69) is 23.3 Å². The molecule has 1 aromatic heterocycles. The molecule has 0 saturated carbocycles. The summed E-state index contributed by atoms with van der Waals surface area (Å²) in [6.07, 6.45) is 2.22. The lowest BCUT2D eigenvalue weighted by atomic mass is 10.1. The molecule has 23 heavy (non-hydrogen) atoms. The summed E-state index contributed by atoms with van der Waals surface area (Å²) in [5, 5.41) is 0.780. The van der Waals surface area contributed by atoms with E-state index in [0.29, 0.717) is 5.92 Å². The molecule has 1 saturated heterocycles. The van der Waals surface area contributed by atoms with Crippen molar-refractivity contribution in [3.8, 4) is 0 Å². The molecule has 0 bridgehead atoms. The van der Waals surface area contributed by atoms with Gasteiger partial charge in [-0.1, -0.05) is 25.4 Å². The van der Waals surface area contributed by atoms with Crippen LogP contribution in [0.5, 0.6) is 0 Å². The van der Waals surface area contributed by atoms with Crippen molar-refractivity contribution in [3.05, 3.63) is 29.0 Å². The number of aromatic nitrogens is 2. The van der Waals surface area contributed by atoms with Crippen LogP contribution in [0.4, 0.5) is 0 Å². The van der Waals surface area contributed by atoms with Crippen LogP contribution in [0.2, 0.25) is 5.02 Å². The summed E-state index contributed by atoms with van der Waals surface area (Å²) in [4.78, 5) is 7.35. The fourth-order valence-corrected chi connectivity index (χ4v) is 3.35. The molecule has 0 amide bonds. The average Bonchev–Trinajstić information content (AvgIpc) is 2.93. The van der Waals surface area contributed by atoms with Crippen molar-refractivity contribution < 1.29 is 4.74 Å². The molecule has 2 heterocycles. The molecule has 1 aromatic carbocycles. The van der Waals surface area contributed by atoms with Gasteiger partial charge in [-0.3, -0.25) is 4.90 Å². The molecule has 0 aliphatic carbocycles. The van der Waals surface area contributed by atoms with E-state index in [0.717, 1.165) is 68.3 Å². The molecule has 1 aliphatic heterocycles. The first kappa shape index (κ1) is 16.7. The second-order valence-electron chi connectivity index (χ2n) is 6.37. The normalized spacial score (nSPS) is 17.7. The molecule has 2 aromatic rings. The number of benzene rings is 1. The minimum absolute atomic E-state index is 0.463. The van der Waals surface area contributed by atoms with E-state index in [-0.39, 0.29) is 0 Å². The van der Waals surface area contributed by atoms with Crippen molar-refractivity contribution in [2.45, 2.75) is 39.2 Å². The molecule has 0 radical (unpaired) electrons. The molecule has 0 N–H and O–H groups in total. The van der Waals surface area contributed by atoms with Crippen molar-refractivity contribution in [2.24, 2.45) is 0 Å². The number of imidazole rings is 1. The van der Waals surface area contributed by atoms with E-state index in [1.54, 1.807) is 0 Å². The molecule has 1 atom stereocenters. The van der Waals surface area contributed by atoms with Gasteiger partial charge in [0.1, 0.15) is 5.82 Å². The fourth-order valence-electron chi connectivity index (χ4n) is 3.19. The Morgan fingerprint density at radius 3 is 2.78 bits per heavy atom. The molecule has 4 nitrogen and oxygen atoms in total. The Bertz CT molecular complexity index is 649. The number of hydrogen-bond acceptors (Lipinski definition) is 3. The SMILES string of the molecule is CCC(C)c1nc2ccc(Cl)cc2n1CCCN1CCOCC1. The monoisotopic (exact) mass is 335 g/mol. The highest BCUT2D eigenvalue weighted by molar-refractivity contribution is 6.31. The summed E-state index contributed by atoms with van der Waals surface area (Å²) in [5.41, 5.74) is 2.21. The Morgan fingerprint density at radius 2 is 2.04 bits per heavy atom. The summed E-state index contributed by atoms with van der Waals surface area (Å²) in [7, 11) is 0. The van der Waals surface area contributed by atoms with Crippen LogP contribution in [0.25, 0.3) is 11.0 Å². The Kier molecular flexibility index (Phi) is 5.57. The van der Waals surface area contributed by atoms with E-state index >= 15 is 0 Å². The average molecular weight is 336 g/mol. The van der Waals surface area contributed by atoms with Gasteiger partial charge in [-0.2, -0.15) is 0 Å². The van der Waals surface area contributed by atoms with Gasteiger partial charge in [-0.15, -0.1) is 0 Å². The van der Waals surface area contributed by atoms with Crippen LogP contribution in [0.3, 0.4) is 0 Å². The van der Waals surface area contributed by atoms with Crippen LogP contribution < -0.4 is 0 Å². The van der Waals surface area contributed by atoms with Gasteiger partial charge in [-0.05, 0) is 31.0 Å². The highest BCUT2D eigenvalue weighted by atomic mass is 35.5. The molecule has 1 unspecified atom stereocenters. The molecule has 3 rings (SSSR count). The lowest BCUT2D eigenvalue weighted by Crippen LogP contribution is -2.37. The summed E-state index contributed by atoms with van der Waals surface area (Å²) in [5.74, 6) is 1.65. The van der Waals surface area contributed by atoms with Crippen LogP contribution in [-0.4, -0.2) is 47.3 Å². The van der Waals surface area contributed by atoms with Gasteiger partial charge in [0, 0.05) is 37.1 Å².